The predicted molar refractivity (Wildman–Crippen MR) is 95.2 cm³/mol. The highest BCUT2D eigenvalue weighted by Crippen LogP contribution is 2.26. The highest BCUT2D eigenvalue weighted by Gasteiger charge is 2.09. The number of amides is 1. The van der Waals surface area contributed by atoms with Gasteiger partial charge in [0.2, 0.25) is 5.91 Å². The van der Waals surface area contributed by atoms with E-state index in [2.05, 4.69) is 37.8 Å². The van der Waals surface area contributed by atoms with Crippen molar-refractivity contribution in [2.75, 3.05) is 5.32 Å². The first-order valence-electron chi connectivity index (χ1n) is 6.81. The fraction of sp³-hybridized carbons (Fsp3) is 0. The lowest BCUT2D eigenvalue weighted by Crippen LogP contribution is -2.11. The number of carbonyl (C=O) groups excluding carboxylic acids is 1. The Bertz CT molecular complexity index is 923. The molecule has 0 atom stereocenters. The first kappa shape index (κ1) is 15.2. The Labute approximate surface area is 141 Å². The van der Waals surface area contributed by atoms with E-state index in [-0.39, 0.29) is 5.57 Å². The number of aromatic nitrogens is 2. The summed E-state index contributed by atoms with van der Waals surface area (Å²) in [5.74, 6) is 0.134. The van der Waals surface area contributed by atoms with Crippen molar-refractivity contribution in [3.05, 3.63) is 65.4 Å². The van der Waals surface area contributed by atoms with E-state index in [0.717, 1.165) is 15.5 Å². The van der Waals surface area contributed by atoms with Crippen LogP contribution in [0.5, 0.6) is 0 Å². The van der Waals surface area contributed by atoms with Gasteiger partial charge in [0, 0.05) is 21.1 Å². The van der Waals surface area contributed by atoms with E-state index in [1.165, 1.54) is 6.33 Å². The Kier molecular flexibility index (Phi) is 4.08. The molecule has 0 spiro atoms. The fourth-order valence-corrected chi connectivity index (χ4v) is 2.59. The third-order valence-corrected chi connectivity index (χ3v) is 3.86. The minimum absolute atomic E-state index is 0.256. The van der Waals surface area contributed by atoms with Crippen molar-refractivity contribution in [1.82, 2.24) is 9.97 Å². The van der Waals surface area contributed by atoms with Crippen LogP contribution in [0.2, 0.25) is 0 Å². The van der Waals surface area contributed by atoms with Crippen molar-refractivity contribution >= 4 is 49.8 Å². The maximum absolute atomic E-state index is 11.2. The predicted octanol–water partition coefficient (Wildman–Crippen LogP) is 3.63. The molecule has 3 rings (SSSR count). The number of anilines is 2. The Balaban J connectivity index is 2.02. The van der Waals surface area contributed by atoms with E-state index >= 15 is 0 Å². The van der Waals surface area contributed by atoms with Crippen LogP contribution in [-0.4, -0.2) is 15.9 Å². The van der Waals surface area contributed by atoms with Gasteiger partial charge in [0.05, 0.1) is 5.52 Å². The fourth-order valence-electron chi connectivity index (χ4n) is 2.19. The van der Waals surface area contributed by atoms with Crippen molar-refractivity contribution < 1.29 is 4.79 Å². The minimum Gasteiger partial charge on any atom is -0.366 e. The van der Waals surface area contributed by atoms with E-state index in [1.54, 1.807) is 12.1 Å². The molecular weight excluding hydrogens is 356 g/mol. The van der Waals surface area contributed by atoms with Gasteiger partial charge in [-0.05, 0) is 35.9 Å². The zero-order chi connectivity index (χ0) is 16.4. The van der Waals surface area contributed by atoms with Gasteiger partial charge in [0.25, 0.3) is 0 Å². The molecule has 6 heteroatoms. The number of nitrogens with one attached hydrogen (secondary N) is 1. The number of primary amides is 1. The summed E-state index contributed by atoms with van der Waals surface area (Å²) in [4.78, 5) is 19.8. The number of nitrogens with two attached hydrogens (primary N) is 1. The Morgan fingerprint density at radius 1 is 1.17 bits per heavy atom. The van der Waals surface area contributed by atoms with Crippen LogP contribution in [0.4, 0.5) is 11.5 Å². The molecule has 0 fully saturated rings. The lowest BCUT2D eigenvalue weighted by Gasteiger charge is -2.10. The van der Waals surface area contributed by atoms with Crippen LogP contribution in [0.25, 0.3) is 16.5 Å². The molecule has 0 saturated heterocycles. The van der Waals surface area contributed by atoms with Gasteiger partial charge in [-0.3, -0.25) is 4.79 Å². The summed E-state index contributed by atoms with van der Waals surface area (Å²) in [6, 6.07) is 13.2. The molecule has 5 nitrogen and oxygen atoms in total. The molecule has 3 N–H and O–H groups in total. The molecule has 0 radical (unpaired) electrons. The molecular formula is C17H13BrN4O. The van der Waals surface area contributed by atoms with Crippen molar-refractivity contribution in [1.29, 1.82) is 0 Å². The minimum atomic E-state index is -0.550. The number of rotatable bonds is 4. The lowest BCUT2D eigenvalue weighted by molar-refractivity contribution is -0.112. The summed E-state index contributed by atoms with van der Waals surface area (Å²) in [5.41, 5.74) is 7.79. The first-order chi connectivity index (χ1) is 11.0. The molecule has 1 amide bonds. The third kappa shape index (κ3) is 3.22. The molecule has 0 unspecified atom stereocenters. The smallest absolute Gasteiger partial charge is 0.248 e. The van der Waals surface area contributed by atoms with Crippen molar-refractivity contribution in [2.45, 2.75) is 0 Å². The summed E-state index contributed by atoms with van der Waals surface area (Å²) < 4.78 is 0.973. The summed E-state index contributed by atoms with van der Waals surface area (Å²) in [6.45, 7) is 3.69. The first-order valence-corrected chi connectivity index (χ1v) is 7.60. The number of hydrogen-bond donors (Lipinski definition) is 2. The van der Waals surface area contributed by atoms with E-state index < -0.39 is 5.91 Å². The van der Waals surface area contributed by atoms with Crippen LogP contribution in [0.3, 0.4) is 0 Å². The van der Waals surface area contributed by atoms with Gasteiger partial charge < -0.3 is 11.1 Å². The molecule has 0 bridgehead atoms. The molecule has 0 aliphatic rings. The molecule has 23 heavy (non-hydrogen) atoms. The van der Waals surface area contributed by atoms with Crippen LogP contribution in [-0.2, 0) is 4.79 Å². The number of nitrogens with zero attached hydrogens (tertiary/aromatic N) is 2. The average Bonchev–Trinajstić information content (AvgIpc) is 2.54. The summed E-state index contributed by atoms with van der Waals surface area (Å²) in [5, 5.41) is 4.11. The van der Waals surface area contributed by atoms with Gasteiger partial charge in [0.1, 0.15) is 12.1 Å². The van der Waals surface area contributed by atoms with E-state index in [0.29, 0.717) is 16.9 Å². The van der Waals surface area contributed by atoms with Gasteiger partial charge in [-0.2, -0.15) is 0 Å². The molecule has 0 aliphatic carbocycles. The van der Waals surface area contributed by atoms with Crippen molar-refractivity contribution in [3.8, 4) is 0 Å². The molecule has 2 aromatic carbocycles. The van der Waals surface area contributed by atoms with Gasteiger partial charge in [-0.25, -0.2) is 9.97 Å². The number of fused-ring (bicyclic) bond motifs is 1. The zero-order valence-corrected chi connectivity index (χ0v) is 13.7. The second kappa shape index (κ2) is 6.18. The maximum atomic E-state index is 11.2. The largest absolute Gasteiger partial charge is 0.366 e. The van der Waals surface area contributed by atoms with E-state index in [4.69, 9.17) is 5.73 Å². The molecule has 0 saturated carbocycles. The highest BCUT2D eigenvalue weighted by atomic mass is 79.9. The second-order valence-electron chi connectivity index (χ2n) is 4.93. The Hall–Kier alpha value is -2.73. The van der Waals surface area contributed by atoms with E-state index in [9.17, 15) is 4.79 Å². The quantitative estimate of drug-likeness (QED) is 0.688. The summed E-state index contributed by atoms with van der Waals surface area (Å²) in [7, 11) is 0. The normalized spacial score (nSPS) is 10.5. The van der Waals surface area contributed by atoms with Crippen molar-refractivity contribution in [2.24, 2.45) is 5.73 Å². The monoisotopic (exact) mass is 368 g/mol. The SMILES string of the molecule is C=C(C(N)=O)c1ccc2c(Nc3cccc(Br)c3)ncnc2c1. The van der Waals surface area contributed by atoms with Crippen molar-refractivity contribution in [3.63, 3.8) is 0 Å². The molecule has 114 valence electrons. The van der Waals surface area contributed by atoms with Crippen LogP contribution >= 0.6 is 15.9 Å². The van der Waals surface area contributed by atoms with Gasteiger partial charge >= 0.3 is 0 Å². The standard InChI is InChI=1S/C17H13BrN4O/c1-10(16(19)23)11-5-6-14-15(7-11)20-9-21-17(14)22-13-4-2-3-12(18)8-13/h2-9H,1H2,(H2,19,23)(H,20,21,22). The number of benzene rings is 2. The number of hydrogen-bond acceptors (Lipinski definition) is 4. The number of carbonyl (C=O) groups is 1. The third-order valence-electron chi connectivity index (χ3n) is 3.37. The van der Waals surface area contributed by atoms with Gasteiger partial charge in [-0.1, -0.05) is 34.6 Å². The summed E-state index contributed by atoms with van der Waals surface area (Å²) >= 11 is 3.44. The molecule has 3 aromatic rings. The maximum Gasteiger partial charge on any atom is 0.248 e. The van der Waals surface area contributed by atoms with Crippen LogP contribution in [0.15, 0.2) is 59.8 Å². The zero-order valence-electron chi connectivity index (χ0n) is 12.1. The molecule has 1 heterocycles. The van der Waals surface area contributed by atoms with Crippen LogP contribution in [0.1, 0.15) is 5.56 Å². The summed E-state index contributed by atoms with van der Waals surface area (Å²) in [6.07, 6.45) is 1.47. The lowest BCUT2D eigenvalue weighted by atomic mass is 10.0. The Morgan fingerprint density at radius 3 is 2.74 bits per heavy atom. The topological polar surface area (TPSA) is 80.9 Å². The van der Waals surface area contributed by atoms with Crippen LogP contribution < -0.4 is 11.1 Å². The number of halogens is 1. The Morgan fingerprint density at radius 2 is 2.00 bits per heavy atom. The van der Waals surface area contributed by atoms with Crippen LogP contribution in [0, 0.1) is 0 Å². The van der Waals surface area contributed by atoms with Gasteiger partial charge in [0.15, 0.2) is 0 Å². The van der Waals surface area contributed by atoms with E-state index in [1.807, 2.05) is 30.3 Å². The van der Waals surface area contributed by atoms with Gasteiger partial charge in [-0.15, -0.1) is 0 Å². The average molecular weight is 369 g/mol. The second-order valence-corrected chi connectivity index (χ2v) is 5.85. The molecule has 1 aromatic heterocycles. The molecule has 0 aliphatic heterocycles. The highest BCUT2D eigenvalue weighted by molar-refractivity contribution is 9.10.